The van der Waals surface area contributed by atoms with Crippen LogP contribution < -0.4 is 4.74 Å². The summed E-state index contributed by atoms with van der Waals surface area (Å²) >= 11 is 0. The van der Waals surface area contributed by atoms with Gasteiger partial charge >= 0.3 is 6.18 Å². The minimum Gasteiger partial charge on any atom is -0.476 e. The van der Waals surface area contributed by atoms with E-state index in [1.54, 1.807) is 17.7 Å². The zero-order valence-electron chi connectivity index (χ0n) is 14.2. The van der Waals surface area contributed by atoms with Gasteiger partial charge in [-0.2, -0.15) is 13.2 Å². The molecule has 1 saturated heterocycles. The van der Waals surface area contributed by atoms with Gasteiger partial charge in [-0.1, -0.05) is 12.1 Å². The number of halogens is 3. The van der Waals surface area contributed by atoms with Crippen LogP contribution in [0.3, 0.4) is 0 Å². The predicted molar refractivity (Wildman–Crippen MR) is 81.6 cm³/mol. The lowest BCUT2D eigenvalue weighted by molar-refractivity contribution is -0.261. The van der Waals surface area contributed by atoms with Crippen LogP contribution in [0.2, 0.25) is 0 Å². The third kappa shape index (κ3) is 2.59. The highest BCUT2D eigenvalue weighted by molar-refractivity contribution is 5.63. The van der Waals surface area contributed by atoms with E-state index in [0.29, 0.717) is 50.8 Å². The molecule has 0 amide bonds. The van der Waals surface area contributed by atoms with E-state index in [9.17, 15) is 18.3 Å². The van der Waals surface area contributed by atoms with Crippen LogP contribution in [0.25, 0.3) is 11.5 Å². The average Bonchev–Trinajstić information content (AvgIpc) is 3.08. The molecule has 0 aliphatic carbocycles. The molecule has 2 aliphatic heterocycles. The maximum absolute atomic E-state index is 13.2. The molecule has 0 aromatic carbocycles. The Labute approximate surface area is 146 Å². The van der Waals surface area contributed by atoms with E-state index >= 15 is 0 Å². The summed E-state index contributed by atoms with van der Waals surface area (Å²) in [7, 11) is 0. The first-order valence-electron chi connectivity index (χ1n) is 8.26. The summed E-state index contributed by atoms with van der Waals surface area (Å²) in [5.41, 5.74) is -2.87. The number of rotatable bonds is 4. The van der Waals surface area contributed by atoms with Crippen LogP contribution in [0.1, 0.15) is 31.0 Å². The third-order valence-corrected chi connectivity index (χ3v) is 4.84. The van der Waals surface area contributed by atoms with E-state index in [0.717, 1.165) is 0 Å². The summed E-state index contributed by atoms with van der Waals surface area (Å²) in [5, 5.41) is 17.9. The van der Waals surface area contributed by atoms with Gasteiger partial charge in [0.1, 0.15) is 11.4 Å². The monoisotopic (exact) mass is 373 g/mol. The predicted octanol–water partition coefficient (Wildman–Crippen LogP) is 2.45. The number of aliphatic hydroxyl groups is 1. The summed E-state index contributed by atoms with van der Waals surface area (Å²) in [6, 6.07) is 1.61. The first-order valence-corrected chi connectivity index (χ1v) is 8.26. The van der Waals surface area contributed by atoms with E-state index in [2.05, 4.69) is 10.3 Å². The fourth-order valence-electron chi connectivity index (χ4n) is 3.14. The molecule has 4 heterocycles. The molecule has 7 nitrogen and oxygen atoms in total. The van der Waals surface area contributed by atoms with Crippen molar-refractivity contribution in [2.24, 2.45) is 5.92 Å². The molecule has 1 N–H and O–H groups in total. The van der Waals surface area contributed by atoms with E-state index in [4.69, 9.17) is 14.0 Å². The Balaban J connectivity index is 1.68. The van der Waals surface area contributed by atoms with Crippen molar-refractivity contribution in [3.63, 3.8) is 0 Å². The summed E-state index contributed by atoms with van der Waals surface area (Å²) < 4.78 is 57.2. The van der Waals surface area contributed by atoms with Crippen molar-refractivity contribution in [3.05, 3.63) is 17.3 Å². The molecule has 0 unspecified atom stereocenters. The van der Waals surface area contributed by atoms with Gasteiger partial charge in [-0.15, -0.1) is 5.10 Å². The maximum Gasteiger partial charge on any atom is 0.422 e. The maximum atomic E-state index is 13.2. The number of alkyl halides is 3. The van der Waals surface area contributed by atoms with Gasteiger partial charge in [0.15, 0.2) is 5.76 Å². The van der Waals surface area contributed by atoms with Crippen LogP contribution in [0.15, 0.2) is 10.6 Å². The lowest BCUT2D eigenvalue weighted by Crippen LogP contribution is -2.40. The molecule has 0 radical (unpaired) electrons. The molecule has 0 spiro atoms. The molecular formula is C16H18F3N3O4. The molecule has 2 aliphatic rings. The van der Waals surface area contributed by atoms with Crippen molar-refractivity contribution >= 4 is 0 Å². The Morgan fingerprint density at radius 3 is 2.73 bits per heavy atom. The Morgan fingerprint density at radius 2 is 2.12 bits per heavy atom. The SMILES string of the molecule is C[C@H]1Cn2nc(OCC3COC3)cc2-c2onc([C@@](C)(O)C(F)(F)F)c21. The summed E-state index contributed by atoms with van der Waals surface area (Å²) in [5.74, 6) is 0.507. The Morgan fingerprint density at radius 1 is 1.38 bits per heavy atom. The topological polar surface area (TPSA) is 82.5 Å². The molecule has 26 heavy (non-hydrogen) atoms. The lowest BCUT2D eigenvalue weighted by atomic mass is 9.88. The van der Waals surface area contributed by atoms with Crippen LogP contribution in [0, 0.1) is 5.92 Å². The molecule has 10 heteroatoms. The fraction of sp³-hybridized carbons (Fsp3) is 0.625. The average molecular weight is 373 g/mol. The molecule has 0 bridgehead atoms. The minimum atomic E-state index is -4.87. The summed E-state index contributed by atoms with van der Waals surface area (Å²) in [6.07, 6.45) is -4.87. The van der Waals surface area contributed by atoms with Crippen LogP contribution in [0.4, 0.5) is 13.2 Å². The van der Waals surface area contributed by atoms with Crippen molar-refractivity contribution in [2.45, 2.75) is 38.1 Å². The van der Waals surface area contributed by atoms with Gasteiger partial charge in [-0.3, -0.25) is 4.68 Å². The molecule has 2 aromatic rings. The number of ether oxygens (including phenoxy) is 2. The van der Waals surface area contributed by atoms with Crippen LogP contribution in [0.5, 0.6) is 5.88 Å². The lowest BCUT2D eigenvalue weighted by Gasteiger charge is -2.27. The normalized spacial score (nSPS) is 22.3. The van der Waals surface area contributed by atoms with E-state index in [-0.39, 0.29) is 17.2 Å². The highest BCUT2D eigenvalue weighted by atomic mass is 19.4. The fourth-order valence-corrected chi connectivity index (χ4v) is 3.14. The standard InChI is InChI=1S/C16H18F3N3O4/c1-8-4-22-10(3-11(20-22)25-7-9-5-24-6-9)13-12(8)14(21-26-13)15(2,23)16(17,18)19/h3,8-9,23H,4-7H2,1-2H3/t8-,15+/m0/s1. The molecular weight excluding hydrogens is 355 g/mol. The van der Waals surface area contributed by atoms with Crippen LogP contribution >= 0.6 is 0 Å². The summed E-state index contributed by atoms with van der Waals surface area (Å²) in [6.45, 7) is 4.50. The van der Waals surface area contributed by atoms with Crippen molar-refractivity contribution < 1.29 is 32.3 Å². The largest absolute Gasteiger partial charge is 0.476 e. The number of fused-ring (bicyclic) bond motifs is 3. The highest BCUT2D eigenvalue weighted by Crippen LogP contribution is 2.46. The van der Waals surface area contributed by atoms with E-state index in [1.807, 2.05) is 0 Å². The molecule has 142 valence electrons. The molecule has 0 saturated carbocycles. The molecule has 2 atom stereocenters. The number of hydrogen-bond acceptors (Lipinski definition) is 6. The van der Waals surface area contributed by atoms with Gasteiger partial charge in [0, 0.05) is 30.0 Å². The van der Waals surface area contributed by atoms with Gasteiger partial charge in [0.25, 0.3) is 0 Å². The Kier molecular flexibility index (Phi) is 3.81. The summed E-state index contributed by atoms with van der Waals surface area (Å²) in [4.78, 5) is 0. The minimum absolute atomic E-state index is 0.178. The zero-order chi connectivity index (χ0) is 18.7. The van der Waals surface area contributed by atoms with Crippen molar-refractivity contribution in [1.29, 1.82) is 0 Å². The molecule has 4 rings (SSSR count). The number of hydrogen-bond donors (Lipinski definition) is 1. The molecule has 2 aromatic heterocycles. The number of aromatic nitrogens is 3. The second kappa shape index (κ2) is 5.71. The third-order valence-electron chi connectivity index (χ3n) is 4.84. The van der Waals surface area contributed by atoms with Gasteiger partial charge in [0.2, 0.25) is 11.5 Å². The van der Waals surface area contributed by atoms with Crippen LogP contribution in [-0.2, 0) is 16.9 Å². The van der Waals surface area contributed by atoms with Gasteiger partial charge in [-0.25, -0.2) is 0 Å². The quantitative estimate of drug-likeness (QED) is 0.887. The first-order chi connectivity index (χ1) is 12.2. The van der Waals surface area contributed by atoms with E-state index in [1.165, 1.54) is 0 Å². The zero-order valence-corrected chi connectivity index (χ0v) is 14.2. The Hall–Kier alpha value is -2.07. The van der Waals surface area contributed by atoms with Crippen LogP contribution in [-0.4, -0.2) is 46.0 Å². The highest BCUT2D eigenvalue weighted by Gasteiger charge is 2.55. The Bertz CT molecular complexity index is 823. The van der Waals surface area contributed by atoms with Gasteiger partial charge in [-0.05, 0) is 6.92 Å². The van der Waals surface area contributed by atoms with Crippen molar-refractivity contribution in [1.82, 2.24) is 14.9 Å². The smallest absolute Gasteiger partial charge is 0.422 e. The molecule has 1 fully saturated rings. The van der Waals surface area contributed by atoms with Crippen molar-refractivity contribution in [3.8, 4) is 17.3 Å². The van der Waals surface area contributed by atoms with Gasteiger partial charge < -0.3 is 19.1 Å². The van der Waals surface area contributed by atoms with Gasteiger partial charge in [0.05, 0.1) is 19.8 Å². The number of nitrogens with zero attached hydrogens (tertiary/aromatic N) is 3. The first kappa shape index (κ1) is 17.3. The van der Waals surface area contributed by atoms with Crippen molar-refractivity contribution in [2.75, 3.05) is 19.8 Å². The second-order valence-corrected chi connectivity index (χ2v) is 7.01. The van der Waals surface area contributed by atoms with E-state index < -0.39 is 17.5 Å². The second-order valence-electron chi connectivity index (χ2n) is 7.01.